The van der Waals surface area contributed by atoms with Gasteiger partial charge in [-0.15, -0.1) is 0 Å². The minimum atomic E-state index is -2.88. The fourth-order valence-corrected chi connectivity index (χ4v) is 2.15. The molecular weight excluding hydrogens is 254 g/mol. The van der Waals surface area contributed by atoms with Gasteiger partial charge < -0.3 is 9.47 Å². The fraction of sp³-hybridized carbons (Fsp3) is 0.500. The number of ketones is 1. The average molecular weight is 270 g/mol. The van der Waals surface area contributed by atoms with Gasteiger partial charge in [0.15, 0.2) is 5.78 Å². The van der Waals surface area contributed by atoms with Gasteiger partial charge in [0.25, 0.3) is 0 Å². The lowest BCUT2D eigenvalue weighted by atomic mass is 10.0. The Morgan fingerprint density at radius 3 is 3.00 bits per heavy atom. The number of rotatable bonds is 6. The van der Waals surface area contributed by atoms with Gasteiger partial charge in [-0.2, -0.15) is 8.78 Å². The van der Waals surface area contributed by atoms with Crippen LogP contribution in [0.5, 0.6) is 5.75 Å². The van der Waals surface area contributed by atoms with Crippen molar-refractivity contribution >= 4 is 5.78 Å². The molecule has 1 unspecified atom stereocenters. The minimum absolute atomic E-state index is 0.0120. The fourth-order valence-electron chi connectivity index (χ4n) is 2.15. The van der Waals surface area contributed by atoms with Gasteiger partial charge in [-0.1, -0.05) is 12.1 Å². The van der Waals surface area contributed by atoms with E-state index in [0.29, 0.717) is 18.4 Å². The summed E-state index contributed by atoms with van der Waals surface area (Å²) in [6.07, 6.45) is 3.23. The third-order valence-corrected chi connectivity index (χ3v) is 3.10. The number of alkyl halides is 2. The summed E-state index contributed by atoms with van der Waals surface area (Å²) in [5.74, 6) is -0.0619. The molecule has 1 aliphatic rings. The highest BCUT2D eigenvalue weighted by Gasteiger charge is 2.17. The topological polar surface area (TPSA) is 35.5 Å². The Bertz CT molecular complexity index is 428. The zero-order valence-corrected chi connectivity index (χ0v) is 10.5. The highest BCUT2D eigenvalue weighted by molar-refractivity contribution is 5.96. The summed E-state index contributed by atoms with van der Waals surface area (Å²) in [4.78, 5) is 11.9. The Balaban J connectivity index is 1.90. The van der Waals surface area contributed by atoms with E-state index in [2.05, 4.69) is 4.74 Å². The molecular formula is C14H16F2O3. The first-order valence-electron chi connectivity index (χ1n) is 6.35. The van der Waals surface area contributed by atoms with Crippen molar-refractivity contribution < 1.29 is 23.0 Å². The van der Waals surface area contributed by atoms with Crippen molar-refractivity contribution in [1.82, 2.24) is 0 Å². The first kappa shape index (κ1) is 13.9. The Hall–Kier alpha value is -1.49. The summed E-state index contributed by atoms with van der Waals surface area (Å²) in [5, 5.41) is 0. The molecule has 0 radical (unpaired) electrons. The van der Waals surface area contributed by atoms with Gasteiger partial charge in [0, 0.05) is 18.6 Å². The molecule has 0 N–H and O–H groups in total. The molecule has 1 heterocycles. The van der Waals surface area contributed by atoms with Crippen LogP contribution in [0.15, 0.2) is 24.3 Å². The number of carbonyl (C=O) groups excluding carboxylic acids is 1. The normalized spacial score (nSPS) is 18.8. The van der Waals surface area contributed by atoms with Crippen LogP contribution in [0.1, 0.15) is 36.0 Å². The number of benzene rings is 1. The van der Waals surface area contributed by atoms with Crippen molar-refractivity contribution in [3.63, 3.8) is 0 Å². The summed E-state index contributed by atoms with van der Waals surface area (Å²) in [5.41, 5.74) is 0.399. The van der Waals surface area contributed by atoms with E-state index in [9.17, 15) is 13.6 Å². The van der Waals surface area contributed by atoms with Crippen LogP contribution < -0.4 is 4.74 Å². The van der Waals surface area contributed by atoms with E-state index in [0.717, 1.165) is 19.4 Å². The van der Waals surface area contributed by atoms with Gasteiger partial charge in [0.05, 0.1) is 6.10 Å². The predicted molar refractivity (Wildman–Crippen MR) is 65.6 cm³/mol. The molecule has 1 atom stereocenters. The van der Waals surface area contributed by atoms with Gasteiger partial charge in [-0.05, 0) is 31.4 Å². The van der Waals surface area contributed by atoms with E-state index in [1.807, 2.05) is 0 Å². The molecule has 0 saturated carbocycles. The van der Waals surface area contributed by atoms with E-state index in [4.69, 9.17) is 4.74 Å². The number of hydrogen-bond donors (Lipinski definition) is 0. The molecule has 1 aromatic carbocycles. The van der Waals surface area contributed by atoms with Gasteiger partial charge in [0.2, 0.25) is 0 Å². The molecule has 104 valence electrons. The quantitative estimate of drug-likeness (QED) is 0.743. The van der Waals surface area contributed by atoms with Crippen molar-refractivity contribution in [2.24, 2.45) is 0 Å². The molecule has 1 aliphatic heterocycles. The number of Topliss-reactive ketones (excluding diaryl/α,β-unsaturated/α-hetero) is 1. The zero-order valence-electron chi connectivity index (χ0n) is 10.5. The van der Waals surface area contributed by atoms with E-state index >= 15 is 0 Å². The first-order valence-corrected chi connectivity index (χ1v) is 6.35. The van der Waals surface area contributed by atoms with E-state index in [1.54, 1.807) is 6.07 Å². The highest BCUT2D eigenvalue weighted by Crippen LogP contribution is 2.20. The molecule has 5 heteroatoms. The molecule has 0 bridgehead atoms. The monoisotopic (exact) mass is 270 g/mol. The summed E-state index contributed by atoms with van der Waals surface area (Å²) >= 11 is 0. The largest absolute Gasteiger partial charge is 0.435 e. The third-order valence-electron chi connectivity index (χ3n) is 3.10. The van der Waals surface area contributed by atoms with Crippen molar-refractivity contribution in [1.29, 1.82) is 0 Å². The molecule has 0 spiro atoms. The molecule has 1 fully saturated rings. The van der Waals surface area contributed by atoms with E-state index in [1.165, 1.54) is 18.2 Å². The lowest BCUT2D eigenvalue weighted by molar-refractivity contribution is -0.0498. The summed E-state index contributed by atoms with van der Waals surface area (Å²) in [7, 11) is 0. The summed E-state index contributed by atoms with van der Waals surface area (Å²) in [6, 6.07) is 5.90. The van der Waals surface area contributed by atoms with Crippen LogP contribution in [0.2, 0.25) is 0 Å². The van der Waals surface area contributed by atoms with Gasteiger partial charge in [-0.3, -0.25) is 4.79 Å². The Morgan fingerprint density at radius 1 is 1.47 bits per heavy atom. The van der Waals surface area contributed by atoms with Crippen molar-refractivity contribution in [3.05, 3.63) is 29.8 Å². The molecule has 1 saturated heterocycles. The molecule has 0 aliphatic carbocycles. The van der Waals surface area contributed by atoms with E-state index < -0.39 is 6.61 Å². The highest BCUT2D eigenvalue weighted by atomic mass is 19.3. The lowest BCUT2D eigenvalue weighted by Crippen LogP contribution is -2.09. The van der Waals surface area contributed by atoms with Crippen LogP contribution in [0.25, 0.3) is 0 Å². The van der Waals surface area contributed by atoms with Crippen LogP contribution in [0, 0.1) is 0 Å². The standard InChI is InChI=1S/C14H16F2O3/c15-14(16)19-12-4-1-3-10(9-12)13(17)7-6-11-5-2-8-18-11/h1,3-4,9,11,14H,2,5-8H2. The maximum Gasteiger partial charge on any atom is 0.387 e. The maximum atomic E-state index is 12.1. The van der Waals surface area contributed by atoms with Crippen molar-refractivity contribution in [2.45, 2.75) is 38.4 Å². The molecule has 0 aromatic heterocycles. The molecule has 0 amide bonds. The third kappa shape index (κ3) is 4.28. The maximum absolute atomic E-state index is 12.1. The molecule has 2 rings (SSSR count). The predicted octanol–water partition coefficient (Wildman–Crippen LogP) is 3.43. The second-order valence-electron chi connectivity index (χ2n) is 4.50. The number of ether oxygens (including phenoxy) is 2. The summed E-state index contributed by atoms with van der Waals surface area (Å²) < 4.78 is 33.9. The second kappa shape index (κ2) is 6.61. The van der Waals surface area contributed by atoms with Crippen molar-refractivity contribution in [3.8, 4) is 5.75 Å². The lowest BCUT2D eigenvalue weighted by Gasteiger charge is -2.09. The summed E-state index contributed by atoms with van der Waals surface area (Å²) in [6.45, 7) is -2.12. The van der Waals surface area contributed by atoms with Gasteiger partial charge in [0.1, 0.15) is 5.75 Å². The van der Waals surface area contributed by atoms with Crippen LogP contribution >= 0.6 is 0 Å². The number of hydrogen-bond acceptors (Lipinski definition) is 3. The minimum Gasteiger partial charge on any atom is -0.435 e. The van der Waals surface area contributed by atoms with Gasteiger partial charge in [-0.25, -0.2) is 0 Å². The van der Waals surface area contributed by atoms with Crippen LogP contribution in [0.4, 0.5) is 8.78 Å². The van der Waals surface area contributed by atoms with Crippen molar-refractivity contribution in [2.75, 3.05) is 6.61 Å². The molecule has 19 heavy (non-hydrogen) atoms. The Kier molecular flexibility index (Phi) is 4.85. The average Bonchev–Trinajstić information content (AvgIpc) is 2.88. The van der Waals surface area contributed by atoms with E-state index in [-0.39, 0.29) is 17.6 Å². The second-order valence-corrected chi connectivity index (χ2v) is 4.50. The zero-order chi connectivity index (χ0) is 13.7. The van der Waals surface area contributed by atoms with Gasteiger partial charge >= 0.3 is 6.61 Å². The number of halogens is 2. The molecule has 3 nitrogen and oxygen atoms in total. The van der Waals surface area contributed by atoms with Crippen LogP contribution in [0.3, 0.4) is 0 Å². The van der Waals surface area contributed by atoms with Crippen LogP contribution in [-0.4, -0.2) is 25.1 Å². The molecule has 1 aromatic rings. The SMILES string of the molecule is O=C(CCC1CCCO1)c1cccc(OC(F)F)c1. The smallest absolute Gasteiger partial charge is 0.387 e. The van der Waals surface area contributed by atoms with Crippen LogP contribution in [-0.2, 0) is 4.74 Å². The Morgan fingerprint density at radius 2 is 2.32 bits per heavy atom. The number of carbonyl (C=O) groups is 1. The Labute approximate surface area is 110 Å². The first-order chi connectivity index (χ1) is 9.15.